The van der Waals surface area contributed by atoms with Gasteiger partial charge in [-0.3, -0.25) is 18.7 Å². The number of anilines is 1. The van der Waals surface area contributed by atoms with Crippen molar-refractivity contribution >= 4 is 11.7 Å². The molecule has 1 aliphatic heterocycles. The first-order valence-corrected chi connectivity index (χ1v) is 7.31. The summed E-state index contributed by atoms with van der Waals surface area (Å²) in [5.41, 5.74) is 0.0246. The number of nitrogens with one attached hydrogen (secondary N) is 1. The number of hydrogen-bond acceptors (Lipinski definition) is 5. The van der Waals surface area contributed by atoms with Crippen LogP contribution in [-0.2, 0) is 18.9 Å². The van der Waals surface area contributed by atoms with Gasteiger partial charge in [-0.15, -0.1) is 0 Å². The van der Waals surface area contributed by atoms with Crippen LogP contribution in [0, 0.1) is 0 Å². The molecule has 0 unspecified atom stereocenters. The fourth-order valence-corrected chi connectivity index (χ4v) is 3.00. The average molecular weight is 331 g/mol. The van der Waals surface area contributed by atoms with E-state index >= 15 is 0 Å². The van der Waals surface area contributed by atoms with Gasteiger partial charge in [-0.05, 0) is 17.7 Å². The van der Waals surface area contributed by atoms with E-state index in [0.29, 0.717) is 11.1 Å². The number of benzene rings is 1. The maximum Gasteiger partial charge on any atom is 0.332 e. The van der Waals surface area contributed by atoms with E-state index in [2.05, 4.69) is 5.32 Å². The van der Waals surface area contributed by atoms with Crippen molar-refractivity contribution in [2.45, 2.75) is 12.3 Å². The minimum atomic E-state index is -0.534. The SMILES string of the molecule is COc1cc([C@@H]2CC(=O)Nc3c2c(=O)n(C)c(=O)n3C)ccc1O. The summed E-state index contributed by atoms with van der Waals surface area (Å²) in [6.45, 7) is 0. The Balaban J connectivity index is 2.29. The zero-order valence-corrected chi connectivity index (χ0v) is 13.5. The van der Waals surface area contributed by atoms with Crippen molar-refractivity contribution in [1.29, 1.82) is 0 Å². The number of aromatic nitrogens is 2. The number of methoxy groups -OCH3 is 1. The molecular formula is C16H17N3O5. The maximum absolute atomic E-state index is 12.6. The second-order valence-electron chi connectivity index (χ2n) is 5.70. The number of phenols is 1. The highest BCUT2D eigenvalue weighted by Crippen LogP contribution is 2.37. The second kappa shape index (κ2) is 5.55. The summed E-state index contributed by atoms with van der Waals surface area (Å²) in [7, 11) is 4.32. The van der Waals surface area contributed by atoms with Gasteiger partial charge in [0.05, 0.1) is 12.7 Å². The second-order valence-corrected chi connectivity index (χ2v) is 5.70. The molecule has 3 rings (SSSR count). The van der Waals surface area contributed by atoms with Crippen LogP contribution in [-0.4, -0.2) is 27.3 Å². The fraction of sp³-hybridized carbons (Fsp3) is 0.312. The summed E-state index contributed by atoms with van der Waals surface area (Å²) < 4.78 is 7.36. The van der Waals surface area contributed by atoms with Crippen molar-refractivity contribution < 1.29 is 14.6 Å². The molecule has 24 heavy (non-hydrogen) atoms. The molecule has 2 N–H and O–H groups in total. The molecule has 0 saturated carbocycles. The lowest BCUT2D eigenvalue weighted by Gasteiger charge is -2.27. The molecule has 1 amide bonds. The molecule has 1 aromatic carbocycles. The molecule has 0 fully saturated rings. The Bertz CT molecular complexity index is 957. The van der Waals surface area contributed by atoms with Crippen molar-refractivity contribution in [2.24, 2.45) is 14.1 Å². The van der Waals surface area contributed by atoms with Gasteiger partial charge in [-0.2, -0.15) is 0 Å². The lowest BCUT2D eigenvalue weighted by atomic mass is 9.86. The van der Waals surface area contributed by atoms with E-state index in [1.54, 1.807) is 12.1 Å². The quantitative estimate of drug-likeness (QED) is 0.822. The molecular weight excluding hydrogens is 314 g/mol. The topological polar surface area (TPSA) is 103 Å². The predicted octanol–water partition coefficient (Wildman–Crippen LogP) is 0.272. The first-order valence-electron chi connectivity index (χ1n) is 7.31. The monoisotopic (exact) mass is 331 g/mol. The normalized spacial score (nSPS) is 16.5. The largest absolute Gasteiger partial charge is 0.504 e. The van der Waals surface area contributed by atoms with Gasteiger partial charge in [0.15, 0.2) is 11.5 Å². The predicted molar refractivity (Wildman–Crippen MR) is 86.7 cm³/mol. The van der Waals surface area contributed by atoms with Crippen LogP contribution in [0.4, 0.5) is 5.82 Å². The van der Waals surface area contributed by atoms with E-state index in [0.717, 1.165) is 4.57 Å². The lowest BCUT2D eigenvalue weighted by molar-refractivity contribution is -0.116. The number of ether oxygens (including phenoxy) is 1. The molecule has 126 valence electrons. The molecule has 0 saturated heterocycles. The Hall–Kier alpha value is -3.03. The molecule has 0 spiro atoms. The number of fused-ring (bicyclic) bond motifs is 1. The van der Waals surface area contributed by atoms with E-state index in [-0.39, 0.29) is 29.6 Å². The summed E-state index contributed by atoms with van der Waals surface area (Å²) in [6.07, 6.45) is 0.0639. The van der Waals surface area contributed by atoms with E-state index in [1.165, 1.54) is 31.8 Å². The highest BCUT2D eigenvalue weighted by molar-refractivity contribution is 5.94. The molecule has 8 nitrogen and oxygen atoms in total. The van der Waals surface area contributed by atoms with Crippen LogP contribution in [0.15, 0.2) is 27.8 Å². The molecule has 0 bridgehead atoms. The van der Waals surface area contributed by atoms with Gasteiger partial charge in [-0.1, -0.05) is 6.07 Å². The average Bonchev–Trinajstić information content (AvgIpc) is 2.57. The Kier molecular flexibility index (Phi) is 3.67. The van der Waals surface area contributed by atoms with E-state index < -0.39 is 17.2 Å². The number of rotatable bonds is 2. The smallest absolute Gasteiger partial charge is 0.332 e. The third-order valence-corrected chi connectivity index (χ3v) is 4.30. The number of hydrogen-bond donors (Lipinski definition) is 2. The van der Waals surface area contributed by atoms with Crippen LogP contribution < -0.4 is 21.3 Å². The van der Waals surface area contributed by atoms with Crippen LogP contribution in [0.25, 0.3) is 0 Å². The van der Waals surface area contributed by atoms with Gasteiger partial charge >= 0.3 is 5.69 Å². The Morgan fingerprint density at radius 2 is 1.92 bits per heavy atom. The van der Waals surface area contributed by atoms with Crippen LogP contribution >= 0.6 is 0 Å². The first kappa shape index (κ1) is 15.9. The molecule has 2 heterocycles. The van der Waals surface area contributed by atoms with E-state index in [9.17, 15) is 19.5 Å². The standard InChI is InChI=1S/C16H17N3O5/c1-18-14-13(15(22)19(2)16(18)23)9(7-12(21)17-14)8-4-5-10(20)11(6-8)24-3/h4-6,9,20H,7H2,1-3H3,(H,17,21)/t9-/m0/s1. The zero-order chi connectivity index (χ0) is 17.6. The van der Waals surface area contributed by atoms with Crippen molar-refractivity contribution in [3.05, 3.63) is 50.2 Å². The summed E-state index contributed by atoms with van der Waals surface area (Å²) in [4.78, 5) is 36.8. The van der Waals surface area contributed by atoms with Crippen LogP contribution in [0.5, 0.6) is 11.5 Å². The van der Waals surface area contributed by atoms with Gasteiger partial charge < -0.3 is 15.2 Å². The van der Waals surface area contributed by atoms with Crippen LogP contribution in [0.3, 0.4) is 0 Å². The number of amides is 1. The van der Waals surface area contributed by atoms with Gasteiger partial charge in [0, 0.05) is 26.4 Å². The highest BCUT2D eigenvalue weighted by Gasteiger charge is 2.32. The lowest BCUT2D eigenvalue weighted by Crippen LogP contribution is -2.44. The Labute approximate surface area is 136 Å². The Morgan fingerprint density at radius 1 is 1.21 bits per heavy atom. The number of nitrogens with zero attached hydrogens (tertiary/aromatic N) is 2. The number of aromatic hydroxyl groups is 1. The maximum atomic E-state index is 12.6. The van der Waals surface area contributed by atoms with Crippen LogP contribution in [0.1, 0.15) is 23.5 Å². The van der Waals surface area contributed by atoms with Gasteiger partial charge in [-0.25, -0.2) is 4.79 Å². The molecule has 1 aliphatic rings. The molecule has 8 heteroatoms. The third-order valence-electron chi connectivity index (χ3n) is 4.30. The summed E-state index contributed by atoms with van der Waals surface area (Å²) in [5, 5.41) is 12.4. The number of phenolic OH excluding ortho intramolecular Hbond substituents is 1. The van der Waals surface area contributed by atoms with Gasteiger partial charge in [0.25, 0.3) is 5.56 Å². The molecule has 1 atom stereocenters. The summed E-state index contributed by atoms with van der Waals surface area (Å²) in [6, 6.07) is 4.68. The molecule has 2 aromatic rings. The number of carbonyl (C=O) groups is 1. The van der Waals surface area contributed by atoms with Crippen molar-refractivity contribution in [3.8, 4) is 11.5 Å². The minimum absolute atomic E-state index is 0.0323. The molecule has 1 aromatic heterocycles. The fourth-order valence-electron chi connectivity index (χ4n) is 3.00. The summed E-state index contributed by atoms with van der Waals surface area (Å²) in [5.74, 6) is -0.398. The number of carbonyl (C=O) groups excluding carboxylic acids is 1. The van der Waals surface area contributed by atoms with Gasteiger partial charge in [0.1, 0.15) is 5.82 Å². The molecule has 0 radical (unpaired) electrons. The minimum Gasteiger partial charge on any atom is -0.504 e. The third kappa shape index (κ3) is 2.27. The Morgan fingerprint density at radius 3 is 2.58 bits per heavy atom. The summed E-state index contributed by atoms with van der Waals surface area (Å²) >= 11 is 0. The van der Waals surface area contributed by atoms with E-state index in [1.807, 2.05) is 0 Å². The van der Waals surface area contributed by atoms with Gasteiger partial charge in [0.2, 0.25) is 5.91 Å². The van der Waals surface area contributed by atoms with Crippen molar-refractivity contribution in [2.75, 3.05) is 12.4 Å². The first-order chi connectivity index (χ1) is 11.3. The zero-order valence-electron chi connectivity index (χ0n) is 13.5. The highest BCUT2D eigenvalue weighted by atomic mass is 16.5. The van der Waals surface area contributed by atoms with E-state index in [4.69, 9.17) is 4.74 Å². The van der Waals surface area contributed by atoms with Crippen LogP contribution in [0.2, 0.25) is 0 Å². The van der Waals surface area contributed by atoms with Crippen molar-refractivity contribution in [1.82, 2.24) is 9.13 Å². The molecule has 0 aliphatic carbocycles. The van der Waals surface area contributed by atoms with Crippen molar-refractivity contribution in [3.63, 3.8) is 0 Å².